The summed E-state index contributed by atoms with van der Waals surface area (Å²) in [6.07, 6.45) is 0. The predicted octanol–water partition coefficient (Wildman–Crippen LogP) is 2.04. The monoisotopic (exact) mass is 346 g/mol. The second-order valence-electron chi connectivity index (χ2n) is 5.32. The molecule has 0 fully saturated rings. The van der Waals surface area contributed by atoms with Crippen LogP contribution < -0.4 is 15.0 Å². The van der Waals surface area contributed by atoms with Gasteiger partial charge < -0.3 is 20.1 Å². The third kappa shape index (κ3) is 5.49. The number of nitrogens with zero attached hydrogens (tertiary/aromatic N) is 1. The quantitative estimate of drug-likeness (QED) is 0.765. The highest BCUT2D eigenvalue weighted by atomic mass is 19.1. The standard InChI is InChI=1S/C18H19FN2O4/c1-25-15-8-6-14(7-9-15)21(12-18(23)24)11-17(22)20-10-13-4-2-3-5-16(13)19/h2-9H,10-12H2,1H3,(H,20,22)(H,23,24). The van der Waals surface area contributed by atoms with Gasteiger partial charge in [-0.3, -0.25) is 9.59 Å². The Morgan fingerprint density at radius 3 is 2.40 bits per heavy atom. The van der Waals surface area contributed by atoms with Crippen LogP contribution in [0.4, 0.5) is 10.1 Å². The Kier molecular flexibility index (Phi) is 6.33. The zero-order chi connectivity index (χ0) is 18.2. The van der Waals surface area contributed by atoms with Crippen molar-refractivity contribution in [1.82, 2.24) is 5.32 Å². The largest absolute Gasteiger partial charge is 0.497 e. The van der Waals surface area contributed by atoms with Gasteiger partial charge >= 0.3 is 5.97 Å². The van der Waals surface area contributed by atoms with E-state index in [1.807, 2.05) is 0 Å². The maximum absolute atomic E-state index is 13.6. The van der Waals surface area contributed by atoms with Crippen LogP contribution in [-0.4, -0.2) is 37.2 Å². The minimum atomic E-state index is -1.06. The van der Waals surface area contributed by atoms with Crippen molar-refractivity contribution in [2.75, 3.05) is 25.1 Å². The van der Waals surface area contributed by atoms with Crippen LogP contribution >= 0.6 is 0 Å². The lowest BCUT2D eigenvalue weighted by Gasteiger charge is -2.22. The van der Waals surface area contributed by atoms with Gasteiger partial charge in [0, 0.05) is 17.8 Å². The zero-order valence-electron chi connectivity index (χ0n) is 13.7. The van der Waals surface area contributed by atoms with Gasteiger partial charge in [-0.25, -0.2) is 4.39 Å². The third-order valence-electron chi connectivity index (χ3n) is 3.53. The molecule has 0 bridgehead atoms. The van der Waals surface area contributed by atoms with Crippen LogP contribution in [0.3, 0.4) is 0 Å². The first-order chi connectivity index (χ1) is 12.0. The average molecular weight is 346 g/mol. The molecule has 7 heteroatoms. The molecule has 132 valence electrons. The van der Waals surface area contributed by atoms with Crippen molar-refractivity contribution in [2.45, 2.75) is 6.54 Å². The fourth-order valence-electron chi connectivity index (χ4n) is 2.26. The van der Waals surface area contributed by atoms with E-state index >= 15 is 0 Å². The Balaban J connectivity index is 2.01. The van der Waals surface area contributed by atoms with Crippen molar-refractivity contribution in [3.63, 3.8) is 0 Å². The summed E-state index contributed by atoms with van der Waals surface area (Å²) in [5.74, 6) is -1.23. The Morgan fingerprint density at radius 2 is 1.80 bits per heavy atom. The van der Waals surface area contributed by atoms with Crippen molar-refractivity contribution >= 4 is 17.6 Å². The number of anilines is 1. The number of aliphatic carboxylic acids is 1. The second-order valence-corrected chi connectivity index (χ2v) is 5.32. The number of hydrogen-bond acceptors (Lipinski definition) is 4. The van der Waals surface area contributed by atoms with Gasteiger partial charge in [0.05, 0.1) is 13.7 Å². The molecule has 1 amide bonds. The topological polar surface area (TPSA) is 78.9 Å². The van der Waals surface area contributed by atoms with E-state index in [4.69, 9.17) is 9.84 Å². The van der Waals surface area contributed by atoms with E-state index in [0.717, 1.165) is 0 Å². The van der Waals surface area contributed by atoms with Crippen LogP contribution in [0.5, 0.6) is 5.75 Å². The summed E-state index contributed by atoms with van der Waals surface area (Å²) in [6, 6.07) is 12.8. The Bertz CT molecular complexity index is 734. The van der Waals surface area contributed by atoms with Gasteiger partial charge in [0.2, 0.25) is 5.91 Å². The maximum Gasteiger partial charge on any atom is 0.323 e. The van der Waals surface area contributed by atoms with Crippen molar-refractivity contribution in [1.29, 1.82) is 0 Å². The number of carbonyl (C=O) groups is 2. The minimum Gasteiger partial charge on any atom is -0.497 e. The number of hydrogen-bond donors (Lipinski definition) is 2. The van der Waals surface area contributed by atoms with Crippen molar-refractivity contribution < 1.29 is 23.8 Å². The van der Waals surface area contributed by atoms with Crippen molar-refractivity contribution in [3.8, 4) is 5.75 Å². The second kappa shape index (κ2) is 8.68. The number of carboxylic acid groups (broad SMARTS) is 1. The predicted molar refractivity (Wildman–Crippen MR) is 91.1 cm³/mol. The summed E-state index contributed by atoms with van der Waals surface area (Å²) in [5, 5.41) is 11.7. The molecular weight excluding hydrogens is 327 g/mol. The first-order valence-electron chi connectivity index (χ1n) is 7.60. The number of halogens is 1. The van der Waals surface area contributed by atoms with Gasteiger partial charge in [-0.15, -0.1) is 0 Å². The van der Waals surface area contributed by atoms with Crippen LogP contribution in [0.2, 0.25) is 0 Å². The summed E-state index contributed by atoms with van der Waals surface area (Å²) < 4.78 is 18.6. The van der Waals surface area contributed by atoms with E-state index in [2.05, 4.69) is 5.32 Å². The lowest BCUT2D eigenvalue weighted by molar-refractivity contribution is -0.135. The Labute approximate surface area is 144 Å². The molecule has 25 heavy (non-hydrogen) atoms. The highest BCUT2D eigenvalue weighted by Crippen LogP contribution is 2.19. The first kappa shape index (κ1) is 18.3. The molecule has 0 saturated heterocycles. The molecule has 0 aromatic heterocycles. The number of carbonyl (C=O) groups excluding carboxylic acids is 1. The number of methoxy groups -OCH3 is 1. The number of benzene rings is 2. The lowest BCUT2D eigenvalue weighted by atomic mass is 10.2. The third-order valence-corrected chi connectivity index (χ3v) is 3.53. The van der Waals surface area contributed by atoms with E-state index in [9.17, 15) is 14.0 Å². The van der Waals surface area contributed by atoms with E-state index in [1.165, 1.54) is 18.1 Å². The van der Waals surface area contributed by atoms with Crippen LogP contribution in [0.1, 0.15) is 5.56 Å². The summed E-state index contributed by atoms with van der Waals surface area (Å²) in [5.41, 5.74) is 0.939. The number of ether oxygens (including phenoxy) is 1. The van der Waals surface area contributed by atoms with Gasteiger partial charge in [-0.2, -0.15) is 0 Å². The number of rotatable bonds is 8. The lowest BCUT2D eigenvalue weighted by Crippen LogP contribution is -2.39. The molecule has 0 aliphatic heterocycles. The van der Waals surface area contributed by atoms with Crippen molar-refractivity contribution in [2.24, 2.45) is 0 Å². The van der Waals surface area contributed by atoms with Gasteiger partial charge in [0.1, 0.15) is 18.1 Å². The van der Waals surface area contributed by atoms with E-state index in [1.54, 1.807) is 42.5 Å². The molecule has 0 aliphatic rings. The van der Waals surface area contributed by atoms with Crippen LogP contribution in [0.15, 0.2) is 48.5 Å². The molecular formula is C18H19FN2O4. The maximum atomic E-state index is 13.6. The highest BCUT2D eigenvalue weighted by molar-refractivity contribution is 5.84. The molecule has 0 atom stereocenters. The molecule has 0 unspecified atom stereocenters. The number of carboxylic acids is 1. The van der Waals surface area contributed by atoms with Gasteiger partial charge in [0.25, 0.3) is 0 Å². The highest BCUT2D eigenvalue weighted by Gasteiger charge is 2.15. The van der Waals surface area contributed by atoms with Crippen molar-refractivity contribution in [3.05, 3.63) is 59.9 Å². The fourth-order valence-corrected chi connectivity index (χ4v) is 2.26. The summed E-state index contributed by atoms with van der Waals surface area (Å²) in [7, 11) is 1.53. The SMILES string of the molecule is COc1ccc(N(CC(=O)O)CC(=O)NCc2ccccc2F)cc1. The molecule has 0 spiro atoms. The van der Waals surface area contributed by atoms with Crippen LogP contribution in [0, 0.1) is 5.82 Å². The summed E-state index contributed by atoms with van der Waals surface area (Å²) >= 11 is 0. The zero-order valence-corrected chi connectivity index (χ0v) is 13.7. The minimum absolute atomic E-state index is 0.0367. The first-order valence-corrected chi connectivity index (χ1v) is 7.60. The molecule has 2 aromatic rings. The molecule has 2 aromatic carbocycles. The molecule has 0 heterocycles. The van der Waals surface area contributed by atoms with Gasteiger partial charge in [-0.05, 0) is 30.3 Å². The molecule has 2 N–H and O–H groups in total. The molecule has 0 aliphatic carbocycles. The van der Waals surface area contributed by atoms with Gasteiger partial charge in [-0.1, -0.05) is 18.2 Å². The van der Waals surface area contributed by atoms with E-state index in [0.29, 0.717) is 17.0 Å². The van der Waals surface area contributed by atoms with E-state index in [-0.39, 0.29) is 19.6 Å². The number of amides is 1. The average Bonchev–Trinajstić information content (AvgIpc) is 2.60. The molecule has 0 radical (unpaired) electrons. The van der Waals surface area contributed by atoms with Crippen LogP contribution in [0.25, 0.3) is 0 Å². The number of nitrogens with one attached hydrogen (secondary N) is 1. The molecule has 0 saturated carbocycles. The Morgan fingerprint density at radius 1 is 1.12 bits per heavy atom. The molecule has 2 rings (SSSR count). The summed E-state index contributed by atoms with van der Waals surface area (Å²) in [6.45, 7) is -0.457. The van der Waals surface area contributed by atoms with Gasteiger partial charge in [0.15, 0.2) is 0 Å². The smallest absolute Gasteiger partial charge is 0.323 e. The van der Waals surface area contributed by atoms with E-state index < -0.39 is 17.7 Å². The van der Waals surface area contributed by atoms with Crippen LogP contribution in [-0.2, 0) is 16.1 Å². The Hall–Kier alpha value is -3.09. The normalized spacial score (nSPS) is 10.2. The fraction of sp³-hybridized carbons (Fsp3) is 0.222. The summed E-state index contributed by atoms with van der Waals surface area (Å²) in [4.78, 5) is 24.6. The molecule has 6 nitrogen and oxygen atoms in total.